The summed E-state index contributed by atoms with van der Waals surface area (Å²) in [6.45, 7) is 11.9. The van der Waals surface area contributed by atoms with Gasteiger partial charge in [0.05, 0.1) is 26.4 Å². The molecule has 5 atom stereocenters. The number of aliphatic hydroxyl groups is 1. The molecule has 17 nitrogen and oxygen atoms in total. The molecule has 0 aromatic carbocycles. The number of esters is 4. The van der Waals surface area contributed by atoms with Crippen molar-refractivity contribution in [2.75, 3.05) is 39.6 Å². The van der Waals surface area contributed by atoms with Gasteiger partial charge in [0, 0.05) is 25.7 Å². The van der Waals surface area contributed by atoms with Crippen LogP contribution in [0.25, 0.3) is 0 Å². The molecule has 0 saturated carbocycles. The van der Waals surface area contributed by atoms with E-state index >= 15 is 0 Å². The van der Waals surface area contributed by atoms with Crippen molar-refractivity contribution in [3.63, 3.8) is 0 Å². The predicted octanol–water partition coefficient (Wildman–Crippen LogP) is 23.7. The van der Waals surface area contributed by atoms with E-state index in [4.69, 9.17) is 37.0 Å². The number of carbonyl (C=O) groups excluding carboxylic acids is 4. The van der Waals surface area contributed by atoms with Crippen LogP contribution in [0.2, 0.25) is 0 Å². The lowest BCUT2D eigenvalue weighted by Gasteiger charge is -2.21. The van der Waals surface area contributed by atoms with Gasteiger partial charge in [-0.3, -0.25) is 37.3 Å². The molecule has 0 aromatic rings. The van der Waals surface area contributed by atoms with E-state index in [-0.39, 0.29) is 25.7 Å². The molecule has 0 fully saturated rings. The van der Waals surface area contributed by atoms with Crippen LogP contribution in [0.4, 0.5) is 0 Å². The summed E-state index contributed by atoms with van der Waals surface area (Å²) in [5.74, 6) is 0.202. The summed E-state index contributed by atoms with van der Waals surface area (Å²) in [5, 5.41) is 10.6. The zero-order chi connectivity index (χ0) is 73.0. The van der Waals surface area contributed by atoms with Crippen molar-refractivity contribution >= 4 is 39.5 Å². The van der Waals surface area contributed by atoms with Gasteiger partial charge in [0.15, 0.2) is 12.2 Å². The molecule has 0 spiro atoms. The van der Waals surface area contributed by atoms with Crippen molar-refractivity contribution in [1.29, 1.82) is 0 Å². The minimum atomic E-state index is -4.96. The van der Waals surface area contributed by atoms with E-state index in [1.54, 1.807) is 0 Å². The molecular weight excluding hydrogens is 1290 g/mol. The smallest absolute Gasteiger partial charge is 0.462 e. The number of carbonyl (C=O) groups is 4. The van der Waals surface area contributed by atoms with E-state index in [9.17, 15) is 43.2 Å². The Balaban J connectivity index is 5.26. The van der Waals surface area contributed by atoms with Gasteiger partial charge >= 0.3 is 39.5 Å². The summed E-state index contributed by atoms with van der Waals surface area (Å²) in [4.78, 5) is 73.0. The lowest BCUT2D eigenvalue weighted by atomic mass is 10.0. The minimum absolute atomic E-state index is 0.106. The summed E-state index contributed by atoms with van der Waals surface area (Å²) in [7, 11) is -9.92. The highest BCUT2D eigenvalue weighted by Crippen LogP contribution is 2.45. The summed E-state index contributed by atoms with van der Waals surface area (Å²) >= 11 is 0. The maximum Gasteiger partial charge on any atom is 0.472 e. The molecule has 0 aliphatic carbocycles. The first-order valence-corrected chi connectivity index (χ1v) is 44.3. The SMILES string of the molecule is CCCCCCCCCCCCCCCCCC(=O)OC[C@H](COP(=O)(O)OC[C@@H](O)COP(=O)(O)OC[C@@H](COC(=O)CCCCCCCCCCCCC(C)C)OC(=O)CCCCCCCCCCCCC(C)C)OC(=O)CCCCCCCCCCCCCCCCCC(C)C. The second-order valence-electron chi connectivity index (χ2n) is 30.2. The van der Waals surface area contributed by atoms with Gasteiger partial charge in [-0.15, -0.1) is 0 Å². The van der Waals surface area contributed by atoms with Crippen LogP contribution >= 0.6 is 15.6 Å². The van der Waals surface area contributed by atoms with Crippen molar-refractivity contribution in [2.24, 2.45) is 17.8 Å². The Morgan fingerprint density at radius 2 is 0.465 bits per heavy atom. The summed E-state index contributed by atoms with van der Waals surface area (Å²) in [6.07, 6.45) is 58.2. The van der Waals surface area contributed by atoms with Crippen LogP contribution in [0.15, 0.2) is 0 Å². The summed E-state index contributed by atoms with van der Waals surface area (Å²) in [5.41, 5.74) is 0. The average Bonchev–Trinajstić information content (AvgIpc) is 1.48. The van der Waals surface area contributed by atoms with E-state index in [1.807, 2.05) is 0 Å². The number of ether oxygens (including phenoxy) is 4. The van der Waals surface area contributed by atoms with Crippen LogP contribution < -0.4 is 0 Å². The number of aliphatic hydroxyl groups excluding tert-OH is 1. The van der Waals surface area contributed by atoms with Gasteiger partial charge in [0.2, 0.25) is 0 Å². The van der Waals surface area contributed by atoms with Crippen molar-refractivity contribution in [1.82, 2.24) is 0 Å². The van der Waals surface area contributed by atoms with E-state index in [2.05, 4.69) is 48.5 Å². The van der Waals surface area contributed by atoms with Gasteiger partial charge < -0.3 is 33.8 Å². The van der Waals surface area contributed by atoms with Gasteiger partial charge in [-0.05, 0) is 43.4 Å². The lowest BCUT2D eigenvalue weighted by Crippen LogP contribution is -2.30. The van der Waals surface area contributed by atoms with E-state index < -0.39 is 97.5 Å². The number of hydrogen-bond donors (Lipinski definition) is 3. The van der Waals surface area contributed by atoms with Gasteiger partial charge in [-0.2, -0.15) is 0 Å². The molecule has 3 N–H and O–H groups in total. The van der Waals surface area contributed by atoms with Crippen LogP contribution in [-0.2, 0) is 65.4 Å². The highest BCUT2D eigenvalue weighted by atomic mass is 31.2. The summed E-state index contributed by atoms with van der Waals surface area (Å²) < 4.78 is 68.7. The molecule has 99 heavy (non-hydrogen) atoms. The molecule has 0 radical (unpaired) electrons. The molecule has 0 heterocycles. The second kappa shape index (κ2) is 70.4. The van der Waals surface area contributed by atoms with Crippen molar-refractivity contribution in [3.05, 3.63) is 0 Å². The van der Waals surface area contributed by atoms with E-state index in [0.717, 1.165) is 108 Å². The first-order valence-electron chi connectivity index (χ1n) is 41.3. The minimum Gasteiger partial charge on any atom is -0.462 e. The number of rotatable bonds is 78. The molecule has 0 aliphatic rings. The average molecular weight is 1450 g/mol. The van der Waals surface area contributed by atoms with E-state index in [0.29, 0.717) is 25.7 Å². The molecule has 0 rings (SSSR count). The molecule has 0 amide bonds. The molecular formula is C80H156O17P2. The van der Waals surface area contributed by atoms with Gasteiger partial charge in [0.1, 0.15) is 19.3 Å². The molecule has 0 bridgehead atoms. The third kappa shape index (κ3) is 74.1. The molecule has 2 unspecified atom stereocenters. The zero-order valence-electron chi connectivity index (χ0n) is 65.0. The number of phosphoric acid groups is 2. The maximum atomic E-state index is 13.1. The lowest BCUT2D eigenvalue weighted by molar-refractivity contribution is -0.161. The van der Waals surface area contributed by atoms with Crippen molar-refractivity contribution in [2.45, 2.75) is 433 Å². The topological polar surface area (TPSA) is 237 Å². The van der Waals surface area contributed by atoms with Crippen molar-refractivity contribution < 1.29 is 80.2 Å². The van der Waals surface area contributed by atoms with Crippen molar-refractivity contribution in [3.8, 4) is 0 Å². The molecule has 0 aliphatic heterocycles. The van der Waals surface area contributed by atoms with E-state index in [1.165, 1.54) is 225 Å². The number of hydrogen-bond acceptors (Lipinski definition) is 15. The Morgan fingerprint density at radius 1 is 0.273 bits per heavy atom. The molecule has 0 saturated heterocycles. The maximum absolute atomic E-state index is 13.1. The third-order valence-corrected chi connectivity index (χ3v) is 20.5. The number of phosphoric ester groups is 2. The first kappa shape index (κ1) is 97.1. The van der Waals surface area contributed by atoms with Gasteiger partial charge in [-0.1, -0.05) is 363 Å². The quantitative estimate of drug-likeness (QED) is 0.0222. The Morgan fingerprint density at radius 3 is 0.687 bits per heavy atom. The Bertz CT molecular complexity index is 1920. The van der Waals surface area contributed by atoms with Crippen LogP contribution in [0, 0.1) is 17.8 Å². The fraction of sp³-hybridized carbons (Fsp3) is 0.950. The largest absolute Gasteiger partial charge is 0.472 e. The Kier molecular flexibility index (Phi) is 69.0. The molecule has 588 valence electrons. The monoisotopic (exact) mass is 1450 g/mol. The van der Waals surface area contributed by atoms with Crippen LogP contribution in [0.5, 0.6) is 0 Å². The zero-order valence-corrected chi connectivity index (χ0v) is 66.8. The fourth-order valence-corrected chi connectivity index (χ4v) is 13.9. The van der Waals surface area contributed by atoms with Crippen LogP contribution in [-0.4, -0.2) is 96.7 Å². The first-order chi connectivity index (χ1) is 47.7. The standard InChI is InChI=1S/C80H156O17P2/c1-8-9-10-11-12-13-14-15-17-21-24-33-40-47-54-61-77(82)90-67-75(96-79(84)63-56-49-42-35-25-22-19-16-18-20-23-30-37-44-51-58-71(2)3)69-94-98(86,87)92-65-74(81)66-93-99(88,89)95-70-76(97-80(85)64-57-50-43-36-29-27-32-39-46-53-60-73(6)7)68-91-78(83)62-55-48-41-34-28-26-31-38-45-52-59-72(4)5/h71-76,81H,8-70H2,1-7H3,(H,86,87)(H,88,89)/t74-,75-,76-/m1/s1. The normalized spacial score (nSPS) is 14.0. The van der Waals surface area contributed by atoms with Crippen LogP contribution in [0.3, 0.4) is 0 Å². The molecule has 19 heteroatoms. The summed E-state index contributed by atoms with van der Waals surface area (Å²) in [6, 6.07) is 0. The van der Waals surface area contributed by atoms with Crippen LogP contribution in [0.1, 0.15) is 414 Å². The highest BCUT2D eigenvalue weighted by Gasteiger charge is 2.30. The highest BCUT2D eigenvalue weighted by molar-refractivity contribution is 7.47. The number of unbranched alkanes of at least 4 members (excludes halogenated alkanes) is 46. The fourth-order valence-electron chi connectivity index (χ4n) is 12.3. The Labute approximate surface area is 607 Å². The molecule has 0 aromatic heterocycles. The Hall–Kier alpha value is -1.94. The predicted molar refractivity (Wildman–Crippen MR) is 405 cm³/mol. The van der Waals surface area contributed by atoms with Gasteiger partial charge in [0.25, 0.3) is 0 Å². The van der Waals surface area contributed by atoms with Gasteiger partial charge in [-0.25, -0.2) is 9.13 Å². The second-order valence-corrected chi connectivity index (χ2v) is 33.1. The third-order valence-electron chi connectivity index (χ3n) is 18.6.